The summed E-state index contributed by atoms with van der Waals surface area (Å²) in [7, 11) is 0. The first kappa shape index (κ1) is 19.8. The van der Waals surface area contributed by atoms with Crippen molar-refractivity contribution in [1.29, 1.82) is 0 Å². The van der Waals surface area contributed by atoms with Crippen LogP contribution in [0.4, 0.5) is 0 Å². The molecule has 30 heavy (non-hydrogen) atoms. The highest BCUT2D eigenvalue weighted by Gasteiger charge is 2.30. The van der Waals surface area contributed by atoms with Gasteiger partial charge in [0.1, 0.15) is 5.76 Å². The minimum Gasteiger partial charge on any atom is -0.465 e. The predicted molar refractivity (Wildman–Crippen MR) is 115 cm³/mol. The van der Waals surface area contributed by atoms with Gasteiger partial charge in [-0.3, -0.25) is 9.36 Å². The number of nitrogens with zero attached hydrogens (tertiary/aromatic N) is 2. The highest BCUT2D eigenvalue weighted by Crippen LogP contribution is 2.26. The lowest BCUT2D eigenvalue weighted by Gasteiger charge is -2.21. The van der Waals surface area contributed by atoms with E-state index in [1.807, 2.05) is 42.5 Å². The summed E-state index contributed by atoms with van der Waals surface area (Å²) in [5, 5.41) is 0. The number of hydrogen-bond donors (Lipinski definition) is 0. The zero-order valence-corrected chi connectivity index (χ0v) is 17.4. The number of esters is 1. The number of allylic oxidation sites excluding steroid dienone is 2. The molecule has 0 N–H and O–H groups in total. The maximum absolute atomic E-state index is 13.2. The summed E-state index contributed by atoms with van der Waals surface area (Å²) in [6, 6.07) is 12.6. The topological polar surface area (TPSA) is 73.8 Å². The smallest absolute Gasteiger partial charge is 0.338 e. The number of fused-ring (bicyclic) bond motifs is 1. The van der Waals surface area contributed by atoms with Crippen LogP contribution < -0.4 is 14.9 Å². The van der Waals surface area contributed by atoms with E-state index in [0.29, 0.717) is 26.4 Å². The number of furan rings is 1. The summed E-state index contributed by atoms with van der Waals surface area (Å²) >= 11 is 1.26. The van der Waals surface area contributed by atoms with Crippen LogP contribution in [-0.4, -0.2) is 17.1 Å². The van der Waals surface area contributed by atoms with Crippen molar-refractivity contribution in [2.24, 2.45) is 4.99 Å². The van der Waals surface area contributed by atoms with Crippen LogP contribution in [0.5, 0.6) is 0 Å². The SMILES string of the molecule is CCOC(=O)C1=C(C)N=c2sc(=Cc3ccco3)c(=O)n2[C@@H]1/C=C\c1ccccc1. The Labute approximate surface area is 176 Å². The van der Waals surface area contributed by atoms with Gasteiger partial charge >= 0.3 is 5.97 Å². The van der Waals surface area contributed by atoms with Gasteiger partial charge < -0.3 is 9.15 Å². The fraction of sp³-hybridized carbons (Fsp3) is 0.174. The number of thiazole rings is 1. The Balaban J connectivity index is 1.88. The number of benzene rings is 1. The van der Waals surface area contributed by atoms with Crippen molar-refractivity contribution in [3.05, 3.63) is 97.1 Å². The van der Waals surface area contributed by atoms with Crippen molar-refractivity contribution in [3.8, 4) is 0 Å². The Hall–Kier alpha value is -3.45. The predicted octanol–water partition coefficient (Wildman–Crippen LogP) is 3.06. The summed E-state index contributed by atoms with van der Waals surface area (Å²) in [5.74, 6) is 0.111. The third-order valence-electron chi connectivity index (χ3n) is 4.65. The minimum atomic E-state index is -0.612. The molecule has 3 aromatic rings. The molecule has 0 radical (unpaired) electrons. The monoisotopic (exact) mass is 420 g/mol. The molecule has 7 heteroatoms. The van der Waals surface area contributed by atoms with Gasteiger partial charge in [-0.05, 0) is 31.5 Å². The van der Waals surface area contributed by atoms with Crippen molar-refractivity contribution in [3.63, 3.8) is 0 Å². The zero-order valence-electron chi connectivity index (χ0n) is 16.6. The standard InChI is InChI=1S/C23H20N2O4S/c1-3-28-22(27)20-15(2)24-23-25(18(20)12-11-16-8-5-4-6-9-16)21(26)19(30-23)14-17-10-7-13-29-17/h4-14,18H,3H2,1-2H3/b12-11-,19-14?/t18-/m1/s1. The van der Waals surface area contributed by atoms with Crippen molar-refractivity contribution < 1.29 is 13.9 Å². The van der Waals surface area contributed by atoms with Crippen LogP contribution in [0.1, 0.15) is 31.2 Å². The summed E-state index contributed by atoms with van der Waals surface area (Å²) in [4.78, 5) is 31.0. The first-order valence-corrected chi connectivity index (χ1v) is 10.4. The van der Waals surface area contributed by atoms with Crippen LogP contribution in [0, 0.1) is 0 Å². The summed E-state index contributed by atoms with van der Waals surface area (Å²) in [6.45, 7) is 3.76. The number of rotatable bonds is 5. The Morgan fingerprint density at radius 1 is 1.27 bits per heavy atom. The van der Waals surface area contributed by atoms with E-state index in [4.69, 9.17) is 9.15 Å². The summed E-state index contributed by atoms with van der Waals surface area (Å²) < 4.78 is 12.6. The van der Waals surface area contributed by atoms with Crippen molar-refractivity contribution in [2.45, 2.75) is 19.9 Å². The molecule has 0 aliphatic carbocycles. The lowest BCUT2D eigenvalue weighted by molar-refractivity contribution is -0.139. The largest absolute Gasteiger partial charge is 0.465 e. The molecule has 0 saturated carbocycles. The number of aromatic nitrogens is 1. The van der Waals surface area contributed by atoms with Crippen LogP contribution in [0.2, 0.25) is 0 Å². The molecule has 0 bridgehead atoms. The first-order chi connectivity index (χ1) is 14.6. The second-order valence-corrected chi connectivity index (χ2v) is 7.64. The molecule has 1 aromatic carbocycles. The third-order valence-corrected chi connectivity index (χ3v) is 5.63. The molecule has 152 valence electrons. The lowest BCUT2D eigenvalue weighted by atomic mass is 10.0. The molecule has 3 heterocycles. The Kier molecular flexibility index (Phi) is 5.63. The maximum atomic E-state index is 13.2. The first-order valence-electron chi connectivity index (χ1n) is 9.55. The van der Waals surface area contributed by atoms with Crippen LogP contribution in [0.15, 0.2) is 80.3 Å². The fourth-order valence-electron chi connectivity index (χ4n) is 3.29. The van der Waals surface area contributed by atoms with Gasteiger partial charge in [-0.25, -0.2) is 9.79 Å². The van der Waals surface area contributed by atoms with E-state index in [2.05, 4.69) is 4.99 Å². The number of carbonyl (C=O) groups is 1. The summed E-state index contributed by atoms with van der Waals surface area (Å²) in [6.07, 6.45) is 6.98. The molecule has 1 aliphatic rings. The highest BCUT2D eigenvalue weighted by molar-refractivity contribution is 7.07. The molecule has 4 rings (SSSR count). The number of ether oxygens (including phenoxy) is 1. The normalized spacial score (nSPS) is 16.6. The summed E-state index contributed by atoms with van der Waals surface area (Å²) in [5.41, 5.74) is 1.64. The van der Waals surface area contributed by atoms with Gasteiger partial charge in [0, 0.05) is 6.08 Å². The molecule has 1 atom stereocenters. The average Bonchev–Trinajstić information content (AvgIpc) is 3.35. The lowest BCUT2D eigenvalue weighted by Crippen LogP contribution is -2.38. The van der Waals surface area contributed by atoms with Gasteiger partial charge in [-0.2, -0.15) is 0 Å². The van der Waals surface area contributed by atoms with Gasteiger partial charge in [0.2, 0.25) is 0 Å². The van der Waals surface area contributed by atoms with Crippen molar-refractivity contribution in [1.82, 2.24) is 4.57 Å². The van der Waals surface area contributed by atoms with E-state index in [1.165, 1.54) is 15.9 Å². The second-order valence-electron chi connectivity index (χ2n) is 6.63. The Bertz CT molecular complexity index is 1300. The molecule has 6 nitrogen and oxygen atoms in total. The zero-order chi connectivity index (χ0) is 21.1. The van der Waals surface area contributed by atoms with Gasteiger partial charge in [0.15, 0.2) is 4.80 Å². The highest BCUT2D eigenvalue weighted by atomic mass is 32.1. The molecule has 0 amide bonds. The van der Waals surface area contributed by atoms with Crippen molar-refractivity contribution >= 4 is 29.5 Å². The molecule has 1 aliphatic heterocycles. The molecular formula is C23H20N2O4S. The van der Waals surface area contributed by atoms with Crippen LogP contribution in [-0.2, 0) is 9.53 Å². The fourth-order valence-corrected chi connectivity index (χ4v) is 4.32. The number of carbonyl (C=O) groups excluding carboxylic acids is 1. The van der Waals surface area contributed by atoms with Gasteiger partial charge in [0.05, 0.1) is 34.7 Å². The molecule has 0 saturated heterocycles. The Morgan fingerprint density at radius 2 is 2.07 bits per heavy atom. The van der Waals surface area contributed by atoms with Crippen LogP contribution in [0.25, 0.3) is 12.2 Å². The van der Waals surface area contributed by atoms with E-state index in [1.54, 1.807) is 38.3 Å². The molecule has 0 spiro atoms. The van der Waals surface area contributed by atoms with Crippen LogP contribution >= 0.6 is 11.3 Å². The van der Waals surface area contributed by atoms with E-state index in [9.17, 15) is 9.59 Å². The maximum Gasteiger partial charge on any atom is 0.338 e. The van der Waals surface area contributed by atoms with E-state index >= 15 is 0 Å². The molecule has 0 unspecified atom stereocenters. The quantitative estimate of drug-likeness (QED) is 0.595. The third kappa shape index (κ3) is 3.84. The van der Waals surface area contributed by atoms with Crippen LogP contribution in [0.3, 0.4) is 0 Å². The van der Waals surface area contributed by atoms with Crippen molar-refractivity contribution in [2.75, 3.05) is 6.61 Å². The molecule has 0 fully saturated rings. The average molecular weight is 420 g/mol. The minimum absolute atomic E-state index is 0.229. The van der Waals surface area contributed by atoms with Gasteiger partial charge in [0.25, 0.3) is 5.56 Å². The van der Waals surface area contributed by atoms with Gasteiger partial charge in [-0.1, -0.05) is 53.8 Å². The number of hydrogen-bond acceptors (Lipinski definition) is 6. The van der Waals surface area contributed by atoms with E-state index < -0.39 is 12.0 Å². The second kappa shape index (κ2) is 8.51. The molecule has 2 aromatic heterocycles. The molecular weight excluding hydrogens is 400 g/mol. The van der Waals surface area contributed by atoms with E-state index in [0.717, 1.165) is 5.56 Å². The van der Waals surface area contributed by atoms with E-state index in [-0.39, 0.29) is 12.2 Å². The Morgan fingerprint density at radius 3 is 2.77 bits per heavy atom. The van der Waals surface area contributed by atoms with Gasteiger partial charge in [-0.15, -0.1) is 0 Å².